The largest absolute Gasteiger partial charge is 0.389 e. The summed E-state index contributed by atoms with van der Waals surface area (Å²) in [5.41, 5.74) is -0.459. The van der Waals surface area contributed by atoms with Crippen molar-refractivity contribution in [3.63, 3.8) is 0 Å². The first-order valence-corrected chi connectivity index (χ1v) is 9.67. The average Bonchev–Trinajstić information content (AvgIpc) is 2.44. The lowest BCUT2D eigenvalue weighted by molar-refractivity contribution is -0.0555. The topological polar surface area (TPSA) is 20.2 Å². The highest BCUT2D eigenvalue weighted by molar-refractivity contribution is 4.84. The van der Waals surface area contributed by atoms with Gasteiger partial charge in [0.15, 0.2) is 0 Å². The SMILES string of the molecule is CCCCCCCCCCCCCC(O)(C(C)C)C(C)C. The molecule has 0 aromatic rings. The van der Waals surface area contributed by atoms with Crippen LogP contribution in [-0.4, -0.2) is 10.7 Å². The Morgan fingerprint density at radius 3 is 1.29 bits per heavy atom. The molecular weight excluding hydrogens is 256 g/mol. The first-order valence-electron chi connectivity index (χ1n) is 9.67. The van der Waals surface area contributed by atoms with E-state index in [-0.39, 0.29) is 0 Å². The van der Waals surface area contributed by atoms with Gasteiger partial charge in [0.25, 0.3) is 0 Å². The fourth-order valence-corrected chi connectivity index (χ4v) is 3.32. The molecule has 0 radical (unpaired) electrons. The molecule has 0 aliphatic heterocycles. The number of hydrogen-bond acceptors (Lipinski definition) is 1. The summed E-state index contributed by atoms with van der Waals surface area (Å²) in [6, 6.07) is 0. The summed E-state index contributed by atoms with van der Waals surface area (Å²) in [4.78, 5) is 0. The van der Waals surface area contributed by atoms with E-state index in [2.05, 4.69) is 34.6 Å². The van der Waals surface area contributed by atoms with Gasteiger partial charge in [-0.2, -0.15) is 0 Å². The van der Waals surface area contributed by atoms with Crippen LogP contribution in [0.15, 0.2) is 0 Å². The van der Waals surface area contributed by atoms with E-state index in [0.29, 0.717) is 11.8 Å². The lowest BCUT2D eigenvalue weighted by Gasteiger charge is -2.36. The van der Waals surface area contributed by atoms with Crippen LogP contribution in [0.1, 0.15) is 112 Å². The minimum atomic E-state index is -0.459. The maximum Gasteiger partial charge on any atom is 0.0693 e. The summed E-state index contributed by atoms with van der Waals surface area (Å²) >= 11 is 0. The van der Waals surface area contributed by atoms with Crippen LogP contribution in [0.3, 0.4) is 0 Å². The molecule has 0 bridgehead atoms. The van der Waals surface area contributed by atoms with Gasteiger partial charge in [-0.05, 0) is 18.3 Å². The molecule has 0 spiro atoms. The van der Waals surface area contributed by atoms with E-state index >= 15 is 0 Å². The van der Waals surface area contributed by atoms with Crippen LogP contribution >= 0.6 is 0 Å². The van der Waals surface area contributed by atoms with Gasteiger partial charge in [0.05, 0.1) is 5.60 Å². The summed E-state index contributed by atoms with van der Waals surface area (Å²) < 4.78 is 0. The zero-order valence-electron chi connectivity index (χ0n) is 15.6. The maximum atomic E-state index is 10.7. The van der Waals surface area contributed by atoms with Crippen LogP contribution in [0.4, 0.5) is 0 Å². The van der Waals surface area contributed by atoms with Crippen molar-refractivity contribution >= 4 is 0 Å². The molecule has 1 nitrogen and oxygen atoms in total. The molecule has 0 aromatic carbocycles. The number of rotatable bonds is 14. The van der Waals surface area contributed by atoms with Crippen molar-refractivity contribution in [2.75, 3.05) is 0 Å². The molecule has 1 heteroatoms. The highest BCUT2D eigenvalue weighted by Crippen LogP contribution is 2.31. The third-order valence-corrected chi connectivity index (χ3v) is 5.18. The van der Waals surface area contributed by atoms with E-state index in [4.69, 9.17) is 0 Å². The van der Waals surface area contributed by atoms with Crippen molar-refractivity contribution in [3.05, 3.63) is 0 Å². The van der Waals surface area contributed by atoms with Gasteiger partial charge in [-0.3, -0.25) is 0 Å². The first-order chi connectivity index (χ1) is 9.95. The zero-order valence-corrected chi connectivity index (χ0v) is 15.6. The Labute approximate surface area is 134 Å². The molecule has 0 rings (SSSR count). The average molecular weight is 299 g/mol. The third kappa shape index (κ3) is 9.55. The maximum absolute atomic E-state index is 10.7. The van der Waals surface area contributed by atoms with Gasteiger partial charge in [0, 0.05) is 0 Å². The molecule has 21 heavy (non-hydrogen) atoms. The molecule has 0 fully saturated rings. The van der Waals surface area contributed by atoms with Gasteiger partial charge in [0.1, 0.15) is 0 Å². The predicted molar refractivity (Wildman–Crippen MR) is 95.7 cm³/mol. The van der Waals surface area contributed by atoms with E-state index in [9.17, 15) is 5.11 Å². The smallest absolute Gasteiger partial charge is 0.0693 e. The van der Waals surface area contributed by atoms with Crippen molar-refractivity contribution in [1.29, 1.82) is 0 Å². The lowest BCUT2D eigenvalue weighted by Crippen LogP contribution is -2.40. The molecule has 0 unspecified atom stereocenters. The Balaban J connectivity index is 3.47. The summed E-state index contributed by atoms with van der Waals surface area (Å²) in [5, 5.41) is 10.7. The van der Waals surface area contributed by atoms with Crippen molar-refractivity contribution in [3.8, 4) is 0 Å². The molecule has 128 valence electrons. The summed E-state index contributed by atoms with van der Waals surface area (Å²) in [5.74, 6) is 0.723. The molecule has 0 saturated carbocycles. The van der Waals surface area contributed by atoms with Gasteiger partial charge in [-0.1, -0.05) is 105 Å². The Hall–Kier alpha value is -0.0400. The van der Waals surface area contributed by atoms with Crippen molar-refractivity contribution < 1.29 is 5.11 Å². The summed E-state index contributed by atoms with van der Waals surface area (Å²) in [7, 11) is 0. The summed E-state index contributed by atoms with van der Waals surface area (Å²) in [6.45, 7) is 10.9. The second kappa shape index (κ2) is 12.5. The number of hydrogen-bond donors (Lipinski definition) is 1. The fraction of sp³-hybridized carbons (Fsp3) is 1.00. The van der Waals surface area contributed by atoms with E-state index in [0.717, 1.165) is 6.42 Å². The lowest BCUT2D eigenvalue weighted by atomic mass is 9.77. The minimum Gasteiger partial charge on any atom is -0.389 e. The molecule has 0 saturated heterocycles. The van der Waals surface area contributed by atoms with Crippen LogP contribution in [-0.2, 0) is 0 Å². The second-order valence-corrected chi connectivity index (χ2v) is 7.59. The Morgan fingerprint density at radius 1 is 0.619 bits per heavy atom. The van der Waals surface area contributed by atoms with Crippen molar-refractivity contribution in [2.45, 2.75) is 117 Å². The second-order valence-electron chi connectivity index (χ2n) is 7.59. The highest BCUT2D eigenvalue weighted by atomic mass is 16.3. The molecule has 0 aromatic heterocycles. The Kier molecular flexibility index (Phi) is 12.5. The van der Waals surface area contributed by atoms with Crippen molar-refractivity contribution in [1.82, 2.24) is 0 Å². The molecule has 0 atom stereocenters. The van der Waals surface area contributed by atoms with E-state index in [1.165, 1.54) is 70.6 Å². The van der Waals surface area contributed by atoms with Gasteiger partial charge in [-0.25, -0.2) is 0 Å². The zero-order chi connectivity index (χ0) is 16.1. The van der Waals surface area contributed by atoms with E-state index in [1.54, 1.807) is 0 Å². The molecule has 1 N–H and O–H groups in total. The van der Waals surface area contributed by atoms with Crippen molar-refractivity contribution in [2.24, 2.45) is 11.8 Å². The number of aliphatic hydroxyl groups is 1. The van der Waals surface area contributed by atoms with E-state index in [1.807, 2.05) is 0 Å². The minimum absolute atomic E-state index is 0.362. The highest BCUT2D eigenvalue weighted by Gasteiger charge is 2.33. The predicted octanol–water partition coefficient (Wildman–Crippen LogP) is 6.73. The number of unbranched alkanes of at least 4 members (excludes halogenated alkanes) is 10. The van der Waals surface area contributed by atoms with Crippen LogP contribution in [0.5, 0.6) is 0 Å². The van der Waals surface area contributed by atoms with Gasteiger partial charge >= 0.3 is 0 Å². The van der Waals surface area contributed by atoms with Gasteiger partial charge in [-0.15, -0.1) is 0 Å². The quantitative estimate of drug-likeness (QED) is 0.352. The first kappa shape index (κ1) is 21.0. The molecule has 0 aliphatic carbocycles. The fourth-order valence-electron chi connectivity index (χ4n) is 3.32. The molecular formula is C20H42O. The van der Waals surface area contributed by atoms with Crippen LogP contribution in [0, 0.1) is 11.8 Å². The summed E-state index contributed by atoms with van der Waals surface area (Å²) in [6.07, 6.45) is 16.1. The molecule has 0 amide bonds. The Bertz CT molecular complexity index is 212. The van der Waals surface area contributed by atoms with Crippen LogP contribution in [0.25, 0.3) is 0 Å². The normalized spacial score (nSPS) is 12.6. The van der Waals surface area contributed by atoms with Gasteiger partial charge < -0.3 is 5.11 Å². The van der Waals surface area contributed by atoms with Gasteiger partial charge in [0.2, 0.25) is 0 Å². The standard InChI is InChI=1S/C20H42O/c1-6-7-8-9-10-11-12-13-14-15-16-17-20(21,18(2)3)19(4)5/h18-19,21H,6-17H2,1-5H3. The van der Waals surface area contributed by atoms with Crippen LogP contribution in [0.2, 0.25) is 0 Å². The molecule has 0 aliphatic rings. The van der Waals surface area contributed by atoms with Crippen LogP contribution < -0.4 is 0 Å². The monoisotopic (exact) mass is 298 g/mol. The Morgan fingerprint density at radius 2 is 0.952 bits per heavy atom. The third-order valence-electron chi connectivity index (χ3n) is 5.18. The van der Waals surface area contributed by atoms with E-state index < -0.39 is 5.60 Å². The molecule has 0 heterocycles.